The Kier molecular flexibility index (Phi) is 4.74. The van der Waals surface area contributed by atoms with Crippen LogP contribution in [0.15, 0.2) is 23.1 Å². The lowest BCUT2D eigenvalue weighted by Crippen LogP contribution is -2.46. The largest absolute Gasteiger partial charge is 0.378 e. The van der Waals surface area contributed by atoms with Crippen molar-refractivity contribution < 1.29 is 13.2 Å². The Morgan fingerprint density at radius 1 is 1.47 bits per heavy atom. The summed E-state index contributed by atoms with van der Waals surface area (Å²) in [6.45, 7) is 3.01. The van der Waals surface area contributed by atoms with Gasteiger partial charge >= 0.3 is 0 Å². The van der Waals surface area contributed by atoms with Crippen LogP contribution in [0.25, 0.3) is 0 Å². The zero-order chi connectivity index (χ0) is 14.0. The van der Waals surface area contributed by atoms with Gasteiger partial charge < -0.3 is 4.74 Å². The van der Waals surface area contributed by atoms with E-state index in [1.54, 1.807) is 12.1 Å². The minimum atomic E-state index is -3.53. The van der Waals surface area contributed by atoms with Crippen molar-refractivity contribution in [3.05, 3.63) is 28.8 Å². The summed E-state index contributed by atoms with van der Waals surface area (Å²) in [5.74, 6) is 0.257. The summed E-state index contributed by atoms with van der Waals surface area (Å²) in [5.41, 5.74) is 0.720. The fourth-order valence-corrected chi connectivity index (χ4v) is 4.24. The van der Waals surface area contributed by atoms with Gasteiger partial charge in [-0.15, -0.1) is 11.6 Å². The number of halogens is 2. The number of alkyl halides is 1. The van der Waals surface area contributed by atoms with Crippen molar-refractivity contribution >= 4 is 33.2 Å². The number of benzene rings is 1. The van der Waals surface area contributed by atoms with Gasteiger partial charge in [-0.25, -0.2) is 8.42 Å². The van der Waals surface area contributed by atoms with Crippen molar-refractivity contribution in [3.8, 4) is 0 Å². The Labute approximate surface area is 123 Å². The number of ether oxygens (including phenoxy) is 1. The molecule has 7 heteroatoms. The zero-order valence-corrected chi connectivity index (χ0v) is 12.8. The van der Waals surface area contributed by atoms with Crippen LogP contribution in [0.2, 0.25) is 5.02 Å². The molecule has 0 aromatic heterocycles. The van der Waals surface area contributed by atoms with Crippen molar-refractivity contribution in [2.24, 2.45) is 0 Å². The molecule has 1 heterocycles. The molecule has 1 aromatic rings. The van der Waals surface area contributed by atoms with Crippen molar-refractivity contribution in [3.63, 3.8) is 0 Å². The summed E-state index contributed by atoms with van der Waals surface area (Å²) in [6.07, 6.45) is 0. The molecule has 1 saturated heterocycles. The SMILES string of the molecule is CC1COCCN1S(=O)(=O)c1ccc(CCl)c(Cl)c1. The Hall–Kier alpha value is -0.330. The maximum absolute atomic E-state index is 12.5. The molecule has 1 atom stereocenters. The van der Waals surface area contributed by atoms with Crippen molar-refractivity contribution in [1.29, 1.82) is 0 Å². The Bertz CT molecular complexity index is 562. The molecule has 0 aliphatic carbocycles. The van der Waals surface area contributed by atoms with E-state index in [-0.39, 0.29) is 16.8 Å². The Balaban J connectivity index is 2.36. The van der Waals surface area contributed by atoms with Crippen LogP contribution < -0.4 is 0 Å². The molecule has 19 heavy (non-hydrogen) atoms. The van der Waals surface area contributed by atoms with Crippen LogP contribution in [0.3, 0.4) is 0 Å². The van der Waals surface area contributed by atoms with Gasteiger partial charge in [-0.2, -0.15) is 4.31 Å². The molecule has 0 amide bonds. The molecule has 0 spiro atoms. The number of morpholine rings is 1. The molecular weight excluding hydrogens is 309 g/mol. The second-order valence-electron chi connectivity index (χ2n) is 4.43. The number of rotatable bonds is 3. The van der Waals surface area contributed by atoms with E-state index in [1.807, 2.05) is 6.92 Å². The number of hydrogen-bond acceptors (Lipinski definition) is 3. The van der Waals surface area contributed by atoms with Crippen molar-refractivity contribution in [2.75, 3.05) is 19.8 Å². The normalized spacial score (nSPS) is 21.5. The highest BCUT2D eigenvalue weighted by atomic mass is 35.5. The average Bonchev–Trinajstić information content (AvgIpc) is 2.39. The van der Waals surface area contributed by atoms with E-state index in [4.69, 9.17) is 27.9 Å². The van der Waals surface area contributed by atoms with Crippen LogP contribution in [-0.2, 0) is 20.6 Å². The molecule has 4 nitrogen and oxygen atoms in total. The first-order chi connectivity index (χ1) is 8.96. The first kappa shape index (κ1) is 15.1. The third-order valence-corrected chi connectivity index (χ3v) is 5.73. The summed E-state index contributed by atoms with van der Waals surface area (Å²) >= 11 is 11.7. The molecular formula is C12H15Cl2NO3S. The van der Waals surface area contributed by atoms with Crippen LogP contribution in [-0.4, -0.2) is 38.5 Å². The molecule has 2 rings (SSSR count). The molecule has 1 aromatic carbocycles. The van der Waals surface area contributed by atoms with Crippen LogP contribution in [0.4, 0.5) is 0 Å². The van der Waals surface area contributed by atoms with E-state index in [9.17, 15) is 8.42 Å². The van der Waals surface area contributed by atoms with Gasteiger partial charge in [-0.3, -0.25) is 0 Å². The van der Waals surface area contributed by atoms with Gasteiger partial charge in [0, 0.05) is 23.5 Å². The monoisotopic (exact) mass is 323 g/mol. The lowest BCUT2D eigenvalue weighted by atomic mass is 10.2. The summed E-state index contributed by atoms with van der Waals surface area (Å²) in [7, 11) is -3.53. The smallest absolute Gasteiger partial charge is 0.243 e. The van der Waals surface area contributed by atoms with E-state index in [0.29, 0.717) is 24.8 Å². The van der Waals surface area contributed by atoms with E-state index in [1.165, 1.54) is 10.4 Å². The molecule has 1 fully saturated rings. The molecule has 0 radical (unpaired) electrons. The first-order valence-corrected chi connectivity index (χ1v) is 8.26. The van der Waals surface area contributed by atoms with Gasteiger partial charge in [0.2, 0.25) is 10.0 Å². The molecule has 1 aliphatic rings. The first-order valence-electron chi connectivity index (χ1n) is 5.91. The fourth-order valence-electron chi connectivity index (χ4n) is 2.00. The Morgan fingerprint density at radius 3 is 2.79 bits per heavy atom. The number of sulfonamides is 1. The van der Waals surface area contributed by atoms with Gasteiger partial charge in [0.05, 0.1) is 18.1 Å². The second kappa shape index (κ2) is 5.97. The standard InChI is InChI=1S/C12H15Cl2NO3S/c1-9-8-18-5-4-15(9)19(16,17)11-3-2-10(7-13)12(14)6-11/h2-3,6,9H,4-5,7-8H2,1H3. The van der Waals surface area contributed by atoms with Gasteiger partial charge in [-0.05, 0) is 24.6 Å². The van der Waals surface area contributed by atoms with E-state index in [0.717, 1.165) is 5.56 Å². The van der Waals surface area contributed by atoms with Crippen LogP contribution in [0.5, 0.6) is 0 Å². The van der Waals surface area contributed by atoms with E-state index in [2.05, 4.69) is 0 Å². The Morgan fingerprint density at radius 2 is 2.21 bits per heavy atom. The predicted octanol–water partition coefficient (Wildman–Crippen LogP) is 2.49. The second-order valence-corrected chi connectivity index (χ2v) is 6.99. The lowest BCUT2D eigenvalue weighted by Gasteiger charge is -2.32. The highest BCUT2D eigenvalue weighted by molar-refractivity contribution is 7.89. The van der Waals surface area contributed by atoms with Crippen molar-refractivity contribution in [1.82, 2.24) is 4.31 Å². The topological polar surface area (TPSA) is 46.6 Å². The van der Waals surface area contributed by atoms with Gasteiger partial charge in [0.25, 0.3) is 0 Å². The fraction of sp³-hybridized carbons (Fsp3) is 0.500. The predicted molar refractivity (Wildman–Crippen MR) is 75.2 cm³/mol. The summed E-state index contributed by atoms with van der Waals surface area (Å²) in [5, 5.41) is 0.372. The van der Waals surface area contributed by atoms with Crippen LogP contribution in [0, 0.1) is 0 Å². The van der Waals surface area contributed by atoms with Crippen LogP contribution in [0.1, 0.15) is 12.5 Å². The quantitative estimate of drug-likeness (QED) is 0.803. The van der Waals surface area contributed by atoms with Gasteiger partial charge in [0.1, 0.15) is 0 Å². The van der Waals surface area contributed by atoms with Crippen molar-refractivity contribution in [2.45, 2.75) is 23.7 Å². The molecule has 0 bridgehead atoms. The average molecular weight is 324 g/mol. The van der Waals surface area contributed by atoms with Gasteiger partial charge in [-0.1, -0.05) is 17.7 Å². The van der Waals surface area contributed by atoms with E-state index < -0.39 is 10.0 Å². The highest BCUT2D eigenvalue weighted by Gasteiger charge is 2.31. The lowest BCUT2D eigenvalue weighted by molar-refractivity contribution is 0.0393. The molecule has 1 aliphatic heterocycles. The summed E-state index contributed by atoms with van der Waals surface area (Å²) in [4.78, 5) is 0.195. The van der Waals surface area contributed by atoms with Gasteiger partial charge in [0.15, 0.2) is 0 Å². The number of nitrogens with zero attached hydrogens (tertiary/aromatic N) is 1. The molecule has 0 N–H and O–H groups in total. The third kappa shape index (κ3) is 3.06. The summed E-state index contributed by atoms with van der Waals surface area (Å²) < 4.78 is 31.8. The van der Waals surface area contributed by atoms with E-state index >= 15 is 0 Å². The minimum absolute atomic E-state index is 0.176. The maximum Gasteiger partial charge on any atom is 0.243 e. The number of hydrogen-bond donors (Lipinski definition) is 0. The summed E-state index contributed by atoms with van der Waals surface area (Å²) in [6, 6.07) is 4.47. The molecule has 106 valence electrons. The minimum Gasteiger partial charge on any atom is -0.378 e. The third-order valence-electron chi connectivity index (χ3n) is 3.08. The maximum atomic E-state index is 12.5. The zero-order valence-electron chi connectivity index (χ0n) is 10.5. The highest BCUT2D eigenvalue weighted by Crippen LogP contribution is 2.26. The van der Waals surface area contributed by atoms with Crippen LogP contribution >= 0.6 is 23.2 Å². The molecule has 1 unspecified atom stereocenters. The molecule has 0 saturated carbocycles.